The average Bonchev–Trinajstić information content (AvgIpc) is 2.77. The van der Waals surface area contributed by atoms with Crippen LogP contribution in [0.4, 0.5) is 5.95 Å². The first-order valence-electron chi connectivity index (χ1n) is 10.2. The minimum absolute atomic E-state index is 0.0210. The third-order valence-corrected chi connectivity index (χ3v) is 5.50. The van der Waals surface area contributed by atoms with Gasteiger partial charge in [0.15, 0.2) is 0 Å². The van der Waals surface area contributed by atoms with Gasteiger partial charge >= 0.3 is 5.97 Å². The number of anilines is 1. The summed E-state index contributed by atoms with van der Waals surface area (Å²) in [5.74, 6) is 0.0207. The lowest BCUT2D eigenvalue weighted by atomic mass is 9.95. The van der Waals surface area contributed by atoms with Gasteiger partial charge in [0.05, 0.1) is 5.56 Å². The fourth-order valence-corrected chi connectivity index (χ4v) is 3.69. The van der Waals surface area contributed by atoms with Gasteiger partial charge in [0.25, 0.3) is 0 Å². The number of piperidine rings is 1. The van der Waals surface area contributed by atoms with E-state index in [-0.39, 0.29) is 17.5 Å². The van der Waals surface area contributed by atoms with Crippen molar-refractivity contribution in [1.29, 1.82) is 0 Å². The third kappa shape index (κ3) is 5.65. The molecule has 1 aromatic heterocycles. The van der Waals surface area contributed by atoms with E-state index in [1.165, 1.54) is 12.4 Å². The summed E-state index contributed by atoms with van der Waals surface area (Å²) in [6.07, 6.45) is 8.68. The van der Waals surface area contributed by atoms with Crippen molar-refractivity contribution < 1.29 is 14.7 Å². The summed E-state index contributed by atoms with van der Waals surface area (Å²) in [5.41, 5.74) is 1.21. The maximum absolute atomic E-state index is 12.3. The number of hydrogen-bond donors (Lipinski definition) is 1. The van der Waals surface area contributed by atoms with Crippen LogP contribution in [0.1, 0.15) is 42.6 Å². The van der Waals surface area contributed by atoms with Crippen LogP contribution >= 0.6 is 0 Å². The monoisotopic (exact) mass is 408 g/mol. The highest BCUT2D eigenvalue weighted by Crippen LogP contribution is 2.22. The van der Waals surface area contributed by atoms with E-state index in [1.807, 2.05) is 42.2 Å². The summed E-state index contributed by atoms with van der Waals surface area (Å²) in [5, 5.41) is 8.97. The number of carbonyl (C=O) groups is 2. The summed E-state index contributed by atoms with van der Waals surface area (Å²) in [4.78, 5) is 35.6. The zero-order chi connectivity index (χ0) is 21.5. The second-order valence-corrected chi connectivity index (χ2v) is 7.69. The van der Waals surface area contributed by atoms with E-state index in [0.29, 0.717) is 11.9 Å². The number of carboxylic acids is 1. The van der Waals surface area contributed by atoms with E-state index in [9.17, 15) is 9.59 Å². The topological polar surface area (TPSA) is 86.6 Å². The molecule has 1 unspecified atom stereocenters. The van der Waals surface area contributed by atoms with E-state index in [1.54, 1.807) is 6.92 Å². The number of hydrogen-bond acceptors (Lipinski definition) is 5. The summed E-state index contributed by atoms with van der Waals surface area (Å²) in [6, 6.07) is 10.1. The van der Waals surface area contributed by atoms with Gasteiger partial charge in [-0.25, -0.2) is 14.8 Å². The summed E-state index contributed by atoms with van der Waals surface area (Å²) in [6.45, 7) is 5.98. The van der Waals surface area contributed by atoms with E-state index in [0.717, 1.165) is 38.0 Å². The van der Waals surface area contributed by atoms with Gasteiger partial charge in [-0.1, -0.05) is 42.5 Å². The summed E-state index contributed by atoms with van der Waals surface area (Å²) in [7, 11) is 0. The van der Waals surface area contributed by atoms with Crippen LogP contribution in [-0.2, 0) is 4.79 Å². The second kappa shape index (κ2) is 10.0. The SMILES string of the molecule is CC(=O)N(CC1CCN(c2ncc(C(=O)O)cn2)CC1)C(C)/C=C/c1ccccc1. The van der Waals surface area contributed by atoms with Gasteiger partial charge < -0.3 is 14.9 Å². The Morgan fingerprint density at radius 1 is 1.20 bits per heavy atom. The van der Waals surface area contributed by atoms with Crippen molar-refractivity contribution >= 4 is 23.9 Å². The second-order valence-electron chi connectivity index (χ2n) is 7.69. The molecule has 0 radical (unpaired) electrons. The van der Waals surface area contributed by atoms with Gasteiger partial charge in [0, 0.05) is 45.0 Å². The summed E-state index contributed by atoms with van der Waals surface area (Å²) >= 11 is 0. The number of amides is 1. The Hall–Kier alpha value is -3.22. The predicted octanol–water partition coefficient (Wildman–Crippen LogP) is 3.34. The Balaban J connectivity index is 1.55. The van der Waals surface area contributed by atoms with Crippen molar-refractivity contribution in [3.8, 4) is 0 Å². The Kier molecular flexibility index (Phi) is 7.17. The van der Waals surface area contributed by atoms with Crippen LogP contribution < -0.4 is 4.90 Å². The lowest BCUT2D eigenvalue weighted by Gasteiger charge is -2.36. The van der Waals surface area contributed by atoms with Crippen molar-refractivity contribution in [2.24, 2.45) is 5.92 Å². The molecule has 7 heteroatoms. The maximum Gasteiger partial charge on any atom is 0.338 e. The van der Waals surface area contributed by atoms with E-state index in [4.69, 9.17) is 5.11 Å². The summed E-state index contributed by atoms with van der Waals surface area (Å²) < 4.78 is 0. The Labute approximate surface area is 177 Å². The number of carbonyl (C=O) groups excluding carboxylic acids is 1. The zero-order valence-electron chi connectivity index (χ0n) is 17.4. The van der Waals surface area contributed by atoms with Crippen LogP contribution in [0.3, 0.4) is 0 Å². The molecule has 0 saturated carbocycles. The number of aromatic nitrogens is 2. The quantitative estimate of drug-likeness (QED) is 0.756. The molecule has 0 spiro atoms. The van der Waals surface area contributed by atoms with Gasteiger partial charge in [-0.2, -0.15) is 0 Å². The van der Waals surface area contributed by atoms with Crippen molar-refractivity contribution in [3.05, 3.63) is 59.9 Å². The number of benzene rings is 1. The van der Waals surface area contributed by atoms with Gasteiger partial charge in [-0.3, -0.25) is 4.79 Å². The molecule has 1 atom stereocenters. The molecule has 2 heterocycles. The molecule has 30 heavy (non-hydrogen) atoms. The molecule has 1 saturated heterocycles. The van der Waals surface area contributed by atoms with Gasteiger partial charge in [0.1, 0.15) is 0 Å². The van der Waals surface area contributed by atoms with E-state index < -0.39 is 5.97 Å². The Morgan fingerprint density at radius 2 is 1.83 bits per heavy atom. The van der Waals surface area contributed by atoms with Gasteiger partial charge in [-0.15, -0.1) is 0 Å². The van der Waals surface area contributed by atoms with E-state index >= 15 is 0 Å². The highest BCUT2D eigenvalue weighted by atomic mass is 16.4. The van der Waals surface area contributed by atoms with E-state index in [2.05, 4.69) is 27.0 Å². The van der Waals surface area contributed by atoms with Crippen LogP contribution in [-0.4, -0.2) is 57.5 Å². The first kappa shape index (κ1) is 21.5. The largest absolute Gasteiger partial charge is 0.478 e. The third-order valence-electron chi connectivity index (χ3n) is 5.50. The molecule has 1 amide bonds. The van der Waals surface area contributed by atoms with Crippen molar-refractivity contribution in [3.63, 3.8) is 0 Å². The predicted molar refractivity (Wildman–Crippen MR) is 116 cm³/mol. The molecule has 158 valence electrons. The molecule has 2 aromatic rings. The van der Waals surface area contributed by atoms with Crippen LogP contribution in [0.25, 0.3) is 6.08 Å². The molecule has 1 fully saturated rings. The molecule has 0 aliphatic carbocycles. The van der Waals surface area contributed by atoms with Crippen LogP contribution in [0, 0.1) is 5.92 Å². The lowest BCUT2D eigenvalue weighted by Crippen LogP contribution is -2.43. The van der Waals surface area contributed by atoms with Crippen LogP contribution in [0.15, 0.2) is 48.8 Å². The molecule has 1 aliphatic heterocycles. The smallest absolute Gasteiger partial charge is 0.338 e. The first-order chi connectivity index (χ1) is 14.4. The lowest BCUT2D eigenvalue weighted by molar-refractivity contribution is -0.130. The Bertz CT molecular complexity index is 875. The Morgan fingerprint density at radius 3 is 2.40 bits per heavy atom. The molecule has 7 nitrogen and oxygen atoms in total. The van der Waals surface area contributed by atoms with Crippen molar-refractivity contribution in [2.45, 2.75) is 32.7 Å². The molecular formula is C23H28N4O3. The van der Waals surface area contributed by atoms with Crippen molar-refractivity contribution in [2.75, 3.05) is 24.5 Å². The standard InChI is InChI=1S/C23H28N4O3/c1-17(8-9-19-6-4-3-5-7-19)27(18(2)28)16-20-10-12-26(13-11-20)23-24-14-21(15-25-23)22(29)30/h3-9,14-15,17,20H,10-13,16H2,1-2H3,(H,29,30)/b9-8+. The van der Waals surface area contributed by atoms with Gasteiger partial charge in [-0.05, 0) is 31.2 Å². The molecule has 0 bridgehead atoms. The van der Waals surface area contributed by atoms with Crippen LogP contribution in [0.2, 0.25) is 0 Å². The van der Waals surface area contributed by atoms with Gasteiger partial charge in [0.2, 0.25) is 11.9 Å². The fraction of sp³-hybridized carbons (Fsp3) is 0.391. The normalized spacial score (nSPS) is 15.9. The molecular weight excluding hydrogens is 380 g/mol. The number of rotatable bonds is 7. The minimum Gasteiger partial charge on any atom is -0.478 e. The first-order valence-corrected chi connectivity index (χ1v) is 10.2. The number of carboxylic acid groups (broad SMARTS) is 1. The molecule has 1 aliphatic rings. The maximum atomic E-state index is 12.3. The van der Waals surface area contributed by atoms with Crippen LogP contribution in [0.5, 0.6) is 0 Å². The van der Waals surface area contributed by atoms with Crippen molar-refractivity contribution in [1.82, 2.24) is 14.9 Å². The number of nitrogens with zero attached hydrogens (tertiary/aromatic N) is 4. The molecule has 3 rings (SSSR count). The molecule has 1 N–H and O–H groups in total. The number of aromatic carboxylic acids is 1. The minimum atomic E-state index is -1.03. The average molecular weight is 409 g/mol. The fourth-order valence-electron chi connectivity index (χ4n) is 3.69. The highest BCUT2D eigenvalue weighted by Gasteiger charge is 2.25. The zero-order valence-corrected chi connectivity index (χ0v) is 17.4. The molecule has 1 aromatic carbocycles. The highest BCUT2D eigenvalue weighted by molar-refractivity contribution is 5.86.